The largest absolute Gasteiger partial charge is 0.490 e. The molecule has 7 heteroatoms. The summed E-state index contributed by atoms with van der Waals surface area (Å²) >= 11 is 0. The van der Waals surface area contributed by atoms with Crippen molar-refractivity contribution in [3.63, 3.8) is 0 Å². The molecule has 0 radical (unpaired) electrons. The Hall–Kier alpha value is -3.09. The van der Waals surface area contributed by atoms with Crippen molar-refractivity contribution in [2.45, 2.75) is 13.8 Å². The highest BCUT2D eigenvalue weighted by atomic mass is 19.1. The number of carbonyl (C=O) groups excluding carboxylic acids is 2. The molecule has 0 aliphatic carbocycles. The first-order valence-corrected chi connectivity index (χ1v) is 7.81. The van der Waals surface area contributed by atoms with E-state index in [4.69, 9.17) is 9.47 Å². The van der Waals surface area contributed by atoms with E-state index in [1.54, 1.807) is 6.07 Å². The highest BCUT2D eigenvalue weighted by Crippen LogP contribution is 2.28. The number of rotatable bonds is 6. The van der Waals surface area contributed by atoms with Gasteiger partial charge in [0.1, 0.15) is 5.82 Å². The van der Waals surface area contributed by atoms with E-state index in [9.17, 15) is 14.0 Å². The van der Waals surface area contributed by atoms with Crippen molar-refractivity contribution in [2.24, 2.45) is 0 Å². The molecule has 0 saturated heterocycles. The first-order valence-electron chi connectivity index (χ1n) is 7.81. The summed E-state index contributed by atoms with van der Waals surface area (Å²) in [5.41, 5.74) is 4.52. The molecule has 2 rings (SSSR count). The molecule has 0 fully saturated rings. The van der Waals surface area contributed by atoms with Crippen LogP contribution in [0.4, 0.5) is 4.39 Å². The number of ether oxygens (including phenoxy) is 2. The fourth-order valence-electron chi connectivity index (χ4n) is 2.09. The second kappa shape index (κ2) is 8.68. The minimum atomic E-state index is -0.748. The molecule has 0 unspecified atom stereocenters. The standard InChI is InChI=1S/C18H19FN2O4/c1-3-24-15-10-9-12(11-16(15)25-4-2)17(22)20-21-18(23)13-7-5-6-8-14(13)19/h5-11H,3-4H2,1-2H3,(H,20,22)(H,21,23). The van der Waals surface area contributed by atoms with Crippen molar-refractivity contribution in [2.75, 3.05) is 13.2 Å². The molecule has 0 heterocycles. The van der Waals surface area contributed by atoms with Crippen LogP contribution in [0.2, 0.25) is 0 Å². The van der Waals surface area contributed by atoms with E-state index >= 15 is 0 Å². The van der Waals surface area contributed by atoms with Gasteiger partial charge >= 0.3 is 0 Å². The molecule has 25 heavy (non-hydrogen) atoms. The Morgan fingerprint density at radius 1 is 0.920 bits per heavy atom. The number of nitrogens with one attached hydrogen (secondary N) is 2. The van der Waals surface area contributed by atoms with Crippen molar-refractivity contribution in [1.29, 1.82) is 0 Å². The molecule has 0 spiro atoms. The summed E-state index contributed by atoms with van der Waals surface area (Å²) in [7, 11) is 0. The first-order chi connectivity index (χ1) is 12.1. The van der Waals surface area contributed by atoms with Gasteiger partial charge in [0.05, 0.1) is 18.8 Å². The topological polar surface area (TPSA) is 76.7 Å². The Balaban J connectivity index is 2.06. The molecule has 6 nitrogen and oxygen atoms in total. The van der Waals surface area contributed by atoms with Gasteiger partial charge < -0.3 is 9.47 Å². The fraction of sp³-hybridized carbons (Fsp3) is 0.222. The summed E-state index contributed by atoms with van der Waals surface area (Å²) in [5, 5.41) is 0. The van der Waals surface area contributed by atoms with Crippen LogP contribution in [0.25, 0.3) is 0 Å². The molecule has 0 bridgehead atoms. The number of halogens is 1. The van der Waals surface area contributed by atoms with Gasteiger partial charge in [-0.3, -0.25) is 20.4 Å². The molecule has 2 aromatic rings. The van der Waals surface area contributed by atoms with Gasteiger partial charge in [0, 0.05) is 5.56 Å². The van der Waals surface area contributed by atoms with Crippen molar-refractivity contribution in [3.8, 4) is 11.5 Å². The molecule has 0 saturated carbocycles. The SMILES string of the molecule is CCOc1ccc(C(=O)NNC(=O)c2ccccc2F)cc1OCC. The zero-order valence-electron chi connectivity index (χ0n) is 14.0. The van der Waals surface area contributed by atoms with Gasteiger partial charge in [-0.15, -0.1) is 0 Å². The minimum Gasteiger partial charge on any atom is -0.490 e. The minimum absolute atomic E-state index is 0.163. The number of hydrogen-bond acceptors (Lipinski definition) is 4. The zero-order chi connectivity index (χ0) is 18.2. The van der Waals surface area contributed by atoms with E-state index < -0.39 is 17.6 Å². The maximum absolute atomic E-state index is 13.5. The quantitative estimate of drug-likeness (QED) is 0.789. The van der Waals surface area contributed by atoms with Gasteiger partial charge in [-0.1, -0.05) is 12.1 Å². The van der Waals surface area contributed by atoms with Gasteiger partial charge in [-0.25, -0.2) is 4.39 Å². The molecule has 2 aromatic carbocycles. The summed E-state index contributed by atoms with van der Waals surface area (Å²) < 4.78 is 24.4. The van der Waals surface area contributed by atoms with Crippen LogP contribution in [0, 0.1) is 5.82 Å². The summed E-state index contributed by atoms with van der Waals surface area (Å²) in [6.45, 7) is 4.53. The summed E-state index contributed by atoms with van der Waals surface area (Å²) in [6.07, 6.45) is 0. The lowest BCUT2D eigenvalue weighted by molar-refractivity contribution is 0.0844. The number of benzene rings is 2. The van der Waals surface area contributed by atoms with Crippen LogP contribution < -0.4 is 20.3 Å². The van der Waals surface area contributed by atoms with Crippen molar-refractivity contribution < 1.29 is 23.5 Å². The Morgan fingerprint density at radius 3 is 2.24 bits per heavy atom. The molecule has 0 aromatic heterocycles. The Labute approximate surface area is 144 Å². The summed E-state index contributed by atoms with van der Waals surface area (Å²) in [4.78, 5) is 24.1. The van der Waals surface area contributed by atoms with Gasteiger partial charge in [0.15, 0.2) is 11.5 Å². The van der Waals surface area contributed by atoms with Gasteiger partial charge in [-0.2, -0.15) is 0 Å². The normalized spacial score (nSPS) is 10.0. The Bertz CT molecular complexity index is 764. The predicted octanol–water partition coefficient (Wildman–Crippen LogP) is 2.70. The van der Waals surface area contributed by atoms with Gasteiger partial charge in [0.2, 0.25) is 0 Å². The molecule has 0 aliphatic heterocycles. The van der Waals surface area contributed by atoms with Crippen LogP contribution in [-0.4, -0.2) is 25.0 Å². The van der Waals surface area contributed by atoms with Crippen molar-refractivity contribution in [3.05, 3.63) is 59.4 Å². The maximum Gasteiger partial charge on any atom is 0.272 e. The van der Waals surface area contributed by atoms with Gasteiger partial charge in [0.25, 0.3) is 11.8 Å². The summed E-state index contributed by atoms with van der Waals surface area (Å²) in [5.74, 6) is -1.03. The average Bonchev–Trinajstić information content (AvgIpc) is 2.61. The van der Waals surface area contributed by atoms with Crippen molar-refractivity contribution in [1.82, 2.24) is 10.9 Å². The van der Waals surface area contributed by atoms with Crippen LogP contribution in [0.5, 0.6) is 11.5 Å². The monoisotopic (exact) mass is 346 g/mol. The highest BCUT2D eigenvalue weighted by Gasteiger charge is 2.14. The van der Waals surface area contributed by atoms with Gasteiger partial charge in [-0.05, 0) is 44.2 Å². The molecule has 2 amide bonds. The molecule has 0 aliphatic rings. The Kier molecular flexibility index (Phi) is 6.33. The lowest BCUT2D eigenvalue weighted by atomic mass is 10.2. The Morgan fingerprint density at radius 2 is 1.56 bits per heavy atom. The third kappa shape index (κ3) is 4.69. The predicted molar refractivity (Wildman–Crippen MR) is 90.1 cm³/mol. The number of carbonyl (C=O) groups is 2. The van der Waals surface area contributed by atoms with E-state index in [1.165, 1.54) is 30.3 Å². The fourth-order valence-corrected chi connectivity index (χ4v) is 2.09. The van der Waals surface area contributed by atoms with E-state index in [2.05, 4.69) is 10.9 Å². The van der Waals surface area contributed by atoms with Crippen LogP contribution in [-0.2, 0) is 0 Å². The summed E-state index contributed by atoms with van der Waals surface area (Å²) in [6, 6.07) is 10.2. The molecule has 132 valence electrons. The van der Waals surface area contributed by atoms with E-state index in [1.807, 2.05) is 13.8 Å². The van der Waals surface area contributed by atoms with Crippen LogP contribution in [0.1, 0.15) is 34.6 Å². The van der Waals surface area contributed by atoms with Crippen LogP contribution in [0.15, 0.2) is 42.5 Å². The molecular formula is C18H19FN2O4. The number of hydrogen-bond donors (Lipinski definition) is 2. The van der Waals surface area contributed by atoms with Crippen LogP contribution >= 0.6 is 0 Å². The van der Waals surface area contributed by atoms with Crippen molar-refractivity contribution >= 4 is 11.8 Å². The third-order valence-corrected chi connectivity index (χ3v) is 3.21. The lowest BCUT2D eigenvalue weighted by Gasteiger charge is -2.13. The first kappa shape index (κ1) is 18.3. The molecular weight excluding hydrogens is 327 g/mol. The number of hydrazine groups is 1. The molecule has 2 N–H and O–H groups in total. The maximum atomic E-state index is 13.5. The molecule has 0 atom stereocenters. The number of amides is 2. The van der Waals surface area contributed by atoms with E-state index in [0.717, 1.165) is 6.07 Å². The lowest BCUT2D eigenvalue weighted by Crippen LogP contribution is -2.41. The second-order valence-corrected chi connectivity index (χ2v) is 4.92. The van der Waals surface area contributed by atoms with E-state index in [0.29, 0.717) is 24.7 Å². The van der Waals surface area contributed by atoms with E-state index in [-0.39, 0.29) is 11.1 Å². The van der Waals surface area contributed by atoms with Crippen LogP contribution in [0.3, 0.4) is 0 Å². The second-order valence-electron chi connectivity index (χ2n) is 4.92. The zero-order valence-corrected chi connectivity index (χ0v) is 14.0. The smallest absolute Gasteiger partial charge is 0.272 e. The third-order valence-electron chi connectivity index (χ3n) is 3.21. The average molecular weight is 346 g/mol. The highest BCUT2D eigenvalue weighted by molar-refractivity contribution is 5.99.